The van der Waals surface area contributed by atoms with Crippen molar-refractivity contribution >= 4 is 51.4 Å². The van der Waals surface area contributed by atoms with Crippen molar-refractivity contribution in [3.63, 3.8) is 0 Å². The van der Waals surface area contributed by atoms with Gasteiger partial charge in [0.05, 0.1) is 22.4 Å². The zero-order valence-corrected chi connectivity index (χ0v) is 24.9. The lowest BCUT2D eigenvalue weighted by atomic mass is 9.90. The Kier molecular flexibility index (Phi) is 7.31. The molecule has 1 aromatic heterocycles. The average Bonchev–Trinajstić information content (AvgIpc) is 3.36. The highest BCUT2D eigenvalue weighted by molar-refractivity contribution is 6.20. The average molecular weight is 581 g/mol. The fraction of sp³-hybridized carbons (Fsp3) is 0.206. The van der Waals surface area contributed by atoms with Crippen LogP contribution in [0.3, 0.4) is 0 Å². The van der Waals surface area contributed by atoms with Crippen molar-refractivity contribution in [3.8, 4) is 11.1 Å². The number of nitrogens with zero attached hydrogens (tertiary/aromatic N) is 2. The predicted octanol–water partition coefficient (Wildman–Crippen LogP) is 6.58. The lowest BCUT2D eigenvalue weighted by Crippen LogP contribution is -2.40. The Morgan fingerprint density at radius 3 is 2.26 bits per heavy atom. The summed E-state index contributed by atoms with van der Waals surface area (Å²) < 4.78 is 14.7. The summed E-state index contributed by atoms with van der Waals surface area (Å²) in [5, 5.41) is 12.4. The van der Waals surface area contributed by atoms with Crippen molar-refractivity contribution in [2.24, 2.45) is 5.73 Å². The second-order valence-electron chi connectivity index (χ2n) is 11.3. The molecule has 0 bridgehead atoms. The third-order valence-corrected chi connectivity index (χ3v) is 8.13. The highest BCUT2D eigenvalue weighted by atomic mass is 19.1. The summed E-state index contributed by atoms with van der Waals surface area (Å²) in [4.78, 5) is 43.5. The number of anilines is 2. The van der Waals surface area contributed by atoms with Gasteiger partial charge in [0.1, 0.15) is 5.82 Å². The summed E-state index contributed by atoms with van der Waals surface area (Å²) in [5.41, 5.74) is 10.9. The molecule has 4 N–H and O–H groups in total. The minimum absolute atomic E-state index is 0.0639. The minimum Gasteiger partial charge on any atom is -0.386 e. The van der Waals surface area contributed by atoms with Gasteiger partial charge in [0, 0.05) is 41.6 Å². The number of aliphatic hydroxyl groups is 1. The number of carbonyl (C=O) groups excluding carboxylic acids is 3. The maximum Gasteiger partial charge on any atom is 0.328 e. The molecule has 0 saturated carbocycles. The quantitative estimate of drug-likeness (QED) is 0.197. The van der Waals surface area contributed by atoms with E-state index in [-0.39, 0.29) is 11.3 Å². The molecule has 0 aliphatic carbocycles. The van der Waals surface area contributed by atoms with Crippen LogP contribution in [0, 0.1) is 19.7 Å². The smallest absolute Gasteiger partial charge is 0.328 e. The van der Waals surface area contributed by atoms with Gasteiger partial charge in [0.15, 0.2) is 6.29 Å². The number of urea groups is 1. The molecule has 0 saturated heterocycles. The summed E-state index contributed by atoms with van der Waals surface area (Å²) in [5.74, 6) is -1.26. The van der Waals surface area contributed by atoms with Gasteiger partial charge in [-0.05, 0) is 79.8 Å². The molecule has 0 aliphatic rings. The number of nitrogens with one attached hydrogen (secondary N) is 1. The molecule has 1 heterocycles. The molecule has 3 amide bonds. The fourth-order valence-corrected chi connectivity index (χ4v) is 5.99. The van der Waals surface area contributed by atoms with Crippen LogP contribution in [0.25, 0.3) is 32.9 Å². The van der Waals surface area contributed by atoms with E-state index in [0.717, 1.165) is 49.0 Å². The van der Waals surface area contributed by atoms with E-state index in [1.54, 1.807) is 33.0 Å². The van der Waals surface area contributed by atoms with Crippen LogP contribution in [-0.4, -0.2) is 42.4 Å². The Morgan fingerprint density at radius 1 is 0.907 bits per heavy atom. The maximum absolute atomic E-state index is 14.7. The van der Waals surface area contributed by atoms with Gasteiger partial charge in [-0.25, -0.2) is 9.18 Å². The number of primary amides is 1. The molecular weight excluding hydrogens is 547 g/mol. The number of benzene rings is 4. The third kappa shape index (κ3) is 4.81. The fourth-order valence-electron chi connectivity index (χ4n) is 5.99. The number of halogens is 1. The van der Waals surface area contributed by atoms with Crippen LogP contribution < -0.4 is 15.5 Å². The number of aromatic nitrogens is 1. The van der Waals surface area contributed by atoms with E-state index >= 15 is 0 Å². The van der Waals surface area contributed by atoms with Crippen molar-refractivity contribution < 1.29 is 23.9 Å². The molecule has 4 aromatic carbocycles. The highest BCUT2D eigenvalue weighted by Crippen LogP contribution is 2.41. The summed E-state index contributed by atoms with van der Waals surface area (Å²) in [6, 6.07) is 16.4. The topological polar surface area (TPSA) is 120 Å². The first kappa shape index (κ1) is 29.5. The third-order valence-electron chi connectivity index (χ3n) is 8.13. The van der Waals surface area contributed by atoms with Crippen LogP contribution >= 0.6 is 0 Å². The van der Waals surface area contributed by atoms with Crippen LogP contribution in [0.15, 0.2) is 60.7 Å². The van der Waals surface area contributed by atoms with Gasteiger partial charge in [0.2, 0.25) is 0 Å². The van der Waals surface area contributed by atoms with Crippen molar-refractivity contribution in [1.29, 1.82) is 0 Å². The molecule has 5 rings (SSSR count). The number of nitrogens with two attached hydrogens (primary N) is 1. The van der Waals surface area contributed by atoms with E-state index in [1.165, 1.54) is 30.1 Å². The molecule has 5 aromatic rings. The van der Waals surface area contributed by atoms with E-state index in [1.807, 2.05) is 44.2 Å². The number of aryl methyl sites for hydroxylation is 1. The molecule has 9 heteroatoms. The number of hydrogen-bond donors (Lipinski definition) is 3. The zero-order valence-electron chi connectivity index (χ0n) is 24.9. The van der Waals surface area contributed by atoms with Gasteiger partial charge >= 0.3 is 6.03 Å². The first-order chi connectivity index (χ1) is 20.3. The normalized spacial score (nSPS) is 11.6. The maximum atomic E-state index is 14.7. The van der Waals surface area contributed by atoms with Crippen LogP contribution in [0.5, 0.6) is 0 Å². The molecule has 8 nitrogen and oxygen atoms in total. The number of rotatable bonds is 6. The van der Waals surface area contributed by atoms with Crippen molar-refractivity contribution in [2.45, 2.75) is 33.3 Å². The summed E-state index contributed by atoms with van der Waals surface area (Å²) >= 11 is 0. The van der Waals surface area contributed by atoms with Crippen LogP contribution in [-0.2, 0) is 5.60 Å². The number of para-hydroxylation sites is 1. The van der Waals surface area contributed by atoms with Gasteiger partial charge in [-0.2, -0.15) is 0 Å². The number of amides is 3. The van der Waals surface area contributed by atoms with Crippen LogP contribution in [0.2, 0.25) is 0 Å². The molecule has 0 atom stereocenters. The Labute approximate surface area is 248 Å². The lowest BCUT2D eigenvalue weighted by molar-refractivity contribution is 0.0780. The van der Waals surface area contributed by atoms with Crippen molar-refractivity contribution in [2.75, 3.05) is 23.9 Å². The molecule has 0 radical (unpaired) electrons. The molecule has 0 aliphatic heterocycles. The number of carbonyl (C=O) groups is 3. The number of H-pyrrole nitrogens is 1. The van der Waals surface area contributed by atoms with E-state index in [0.29, 0.717) is 23.1 Å². The molecule has 0 unspecified atom stereocenters. The summed E-state index contributed by atoms with van der Waals surface area (Å²) in [6.45, 7) is 7.25. The number of fused-ring (bicyclic) bond motifs is 3. The molecule has 43 heavy (non-hydrogen) atoms. The van der Waals surface area contributed by atoms with E-state index in [9.17, 15) is 23.9 Å². The zero-order chi connectivity index (χ0) is 31.4. The van der Waals surface area contributed by atoms with Crippen LogP contribution in [0.4, 0.5) is 20.6 Å². The highest BCUT2D eigenvalue weighted by Gasteiger charge is 2.26. The Balaban J connectivity index is 1.68. The second-order valence-corrected chi connectivity index (χ2v) is 11.3. The first-order valence-corrected chi connectivity index (χ1v) is 13.7. The SMILES string of the molecule is Cc1c(-c2ccc(C(N)=O)c3[nH]c4c(C)c(C(C)(C)O)ccc4c23)cccc1N(C)C(=O)N(C)c1c(F)cccc1C=O. The van der Waals surface area contributed by atoms with Gasteiger partial charge in [-0.1, -0.05) is 36.4 Å². The van der Waals surface area contributed by atoms with Crippen LogP contribution in [0.1, 0.15) is 51.3 Å². The second kappa shape index (κ2) is 10.7. The Morgan fingerprint density at radius 2 is 1.60 bits per heavy atom. The monoisotopic (exact) mass is 580 g/mol. The van der Waals surface area contributed by atoms with Crippen molar-refractivity contribution in [1.82, 2.24) is 4.98 Å². The Hall–Kier alpha value is -5.02. The van der Waals surface area contributed by atoms with Gasteiger partial charge < -0.3 is 15.8 Å². The Bertz CT molecular complexity index is 1950. The number of aromatic amines is 1. The molecular formula is C34H33FN4O4. The minimum atomic E-state index is -1.07. The van der Waals surface area contributed by atoms with Gasteiger partial charge in [0.25, 0.3) is 5.91 Å². The van der Waals surface area contributed by atoms with Gasteiger partial charge in [-0.3, -0.25) is 19.4 Å². The van der Waals surface area contributed by atoms with Gasteiger partial charge in [-0.15, -0.1) is 0 Å². The standard InChI is InChI=1S/C34H33FN4O4/c1-18-21(10-8-12-27(18)38(5)33(42)39(6)31-20(17-40)9-7-11-26(31)35)22-13-14-24(32(36)41)30-28(22)23-15-16-25(34(3,4)43)19(2)29(23)37-30/h7-17,37,43H,1-6H3,(H2,36,41). The van der Waals surface area contributed by atoms with E-state index < -0.39 is 23.4 Å². The largest absolute Gasteiger partial charge is 0.386 e. The summed E-state index contributed by atoms with van der Waals surface area (Å²) in [6.07, 6.45) is 0.516. The first-order valence-electron chi connectivity index (χ1n) is 13.7. The molecule has 220 valence electrons. The predicted molar refractivity (Wildman–Crippen MR) is 168 cm³/mol. The van der Waals surface area contributed by atoms with E-state index in [4.69, 9.17) is 5.73 Å². The summed E-state index contributed by atoms with van der Waals surface area (Å²) in [7, 11) is 3.01. The van der Waals surface area contributed by atoms with Crippen molar-refractivity contribution in [3.05, 3.63) is 94.3 Å². The number of hydrogen-bond acceptors (Lipinski definition) is 4. The molecule has 0 spiro atoms. The van der Waals surface area contributed by atoms with E-state index in [2.05, 4.69) is 4.98 Å². The number of aldehydes is 1. The molecule has 0 fully saturated rings. The lowest BCUT2D eigenvalue weighted by Gasteiger charge is -2.28.